The summed E-state index contributed by atoms with van der Waals surface area (Å²) in [5, 5.41) is 7.24. The van der Waals surface area contributed by atoms with Crippen LogP contribution in [0.25, 0.3) is 11.3 Å². The second-order valence-electron chi connectivity index (χ2n) is 5.91. The van der Waals surface area contributed by atoms with Crippen molar-refractivity contribution in [3.05, 3.63) is 60.1 Å². The van der Waals surface area contributed by atoms with E-state index in [9.17, 15) is 4.79 Å². The summed E-state index contributed by atoms with van der Waals surface area (Å²) in [4.78, 5) is 26.0. The molecular weight excluding hydrogens is 328 g/mol. The van der Waals surface area contributed by atoms with Crippen LogP contribution in [0.4, 0.5) is 0 Å². The third-order valence-corrected chi connectivity index (χ3v) is 4.17. The van der Waals surface area contributed by atoms with Crippen molar-refractivity contribution in [2.75, 3.05) is 0 Å². The SMILES string of the molecule is CC[C@@H](NC(=O)c1cnc(C)nc1-c1ccccc1)c1ncnn1CC. The second kappa shape index (κ2) is 7.86. The molecule has 0 unspecified atom stereocenters. The number of benzene rings is 1. The lowest BCUT2D eigenvalue weighted by atomic mass is 10.1. The molecule has 0 saturated carbocycles. The molecule has 3 rings (SSSR count). The van der Waals surface area contributed by atoms with Crippen LogP contribution >= 0.6 is 0 Å². The van der Waals surface area contributed by atoms with Gasteiger partial charge in [0.1, 0.15) is 18.0 Å². The fourth-order valence-electron chi connectivity index (χ4n) is 2.82. The summed E-state index contributed by atoms with van der Waals surface area (Å²) < 4.78 is 1.79. The van der Waals surface area contributed by atoms with E-state index in [1.165, 1.54) is 6.33 Å². The van der Waals surface area contributed by atoms with Crippen LogP contribution < -0.4 is 5.32 Å². The normalized spacial score (nSPS) is 12.0. The van der Waals surface area contributed by atoms with E-state index in [0.717, 1.165) is 11.4 Å². The highest BCUT2D eigenvalue weighted by molar-refractivity contribution is 5.99. The average Bonchev–Trinajstić information content (AvgIpc) is 3.15. The van der Waals surface area contributed by atoms with Crippen LogP contribution in [-0.2, 0) is 6.54 Å². The van der Waals surface area contributed by atoms with Crippen LogP contribution in [0.1, 0.15) is 48.3 Å². The predicted molar refractivity (Wildman–Crippen MR) is 98.4 cm³/mol. The summed E-state index contributed by atoms with van der Waals surface area (Å²) in [6.45, 7) is 6.51. The first-order chi connectivity index (χ1) is 12.6. The molecule has 1 aromatic carbocycles. The molecule has 1 atom stereocenters. The molecule has 26 heavy (non-hydrogen) atoms. The van der Waals surface area contributed by atoms with E-state index in [1.807, 2.05) is 51.1 Å². The lowest BCUT2D eigenvalue weighted by Gasteiger charge is -2.18. The maximum absolute atomic E-state index is 13.0. The fraction of sp³-hybridized carbons (Fsp3) is 0.316. The first-order valence-electron chi connectivity index (χ1n) is 8.71. The minimum absolute atomic E-state index is 0.221. The molecule has 0 aliphatic rings. The number of rotatable bonds is 6. The Morgan fingerprint density at radius 1 is 1.19 bits per heavy atom. The monoisotopic (exact) mass is 350 g/mol. The molecule has 0 radical (unpaired) electrons. The van der Waals surface area contributed by atoms with E-state index in [0.29, 0.717) is 30.0 Å². The number of aryl methyl sites for hydroxylation is 2. The van der Waals surface area contributed by atoms with E-state index in [2.05, 4.69) is 25.4 Å². The zero-order chi connectivity index (χ0) is 18.5. The van der Waals surface area contributed by atoms with Gasteiger partial charge in [-0.15, -0.1) is 0 Å². The van der Waals surface area contributed by atoms with Crippen molar-refractivity contribution in [1.29, 1.82) is 0 Å². The smallest absolute Gasteiger partial charge is 0.255 e. The highest BCUT2D eigenvalue weighted by Gasteiger charge is 2.22. The topological polar surface area (TPSA) is 85.6 Å². The van der Waals surface area contributed by atoms with Gasteiger partial charge in [-0.2, -0.15) is 5.10 Å². The zero-order valence-electron chi connectivity index (χ0n) is 15.2. The number of nitrogens with one attached hydrogen (secondary N) is 1. The van der Waals surface area contributed by atoms with E-state index < -0.39 is 0 Å². The average molecular weight is 350 g/mol. The van der Waals surface area contributed by atoms with Gasteiger partial charge < -0.3 is 5.32 Å². The van der Waals surface area contributed by atoms with Crippen molar-refractivity contribution in [3.8, 4) is 11.3 Å². The first kappa shape index (κ1) is 17.7. The van der Waals surface area contributed by atoms with E-state index in [-0.39, 0.29) is 11.9 Å². The van der Waals surface area contributed by atoms with E-state index in [1.54, 1.807) is 10.9 Å². The predicted octanol–water partition coefficient (Wildman–Crippen LogP) is 2.94. The van der Waals surface area contributed by atoms with Crippen molar-refractivity contribution in [2.45, 2.75) is 39.8 Å². The van der Waals surface area contributed by atoms with Gasteiger partial charge in [0, 0.05) is 18.3 Å². The molecule has 2 heterocycles. The van der Waals surface area contributed by atoms with Gasteiger partial charge in [-0.25, -0.2) is 19.6 Å². The molecule has 2 aromatic heterocycles. The summed E-state index contributed by atoms with van der Waals surface area (Å²) in [6, 6.07) is 9.42. The van der Waals surface area contributed by atoms with Crippen molar-refractivity contribution in [1.82, 2.24) is 30.0 Å². The highest BCUT2D eigenvalue weighted by Crippen LogP contribution is 2.22. The first-order valence-corrected chi connectivity index (χ1v) is 8.71. The lowest BCUT2D eigenvalue weighted by Crippen LogP contribution is -2.31. The van der Waals surface area contributed by atoms with Crippen LogP contribution in [0.3, 0.4) is 0 Å². The maximum atomic E-state index is 13.0. The van der Waals surface area contributed by atoms with Gasteiger partial charge in [0.25, 0.3) is 5.91 Å². The summed E-state index contributed by atoms with van der Waals surface area (Å²) in [6.07, 6.45) is 3.80. The third kappa shape index (κ3) is 3.61. The molecule has 0 aliphatic heterocycles. The quantitative estimate of drug-likeness (QED) is 0.739. The number of carbonyl (C=O) groups excluding carboxylic acids is 1. The molecular formula is C19H22N6O. The van der Waals surface area contributed by atoms with E-state index in [4.69, 9.17) is 0 Å². The molecule has 134 valence electrons. The van der Waals surface area contributed by atoms with Gasteiger partial charge in [0.15, 0.2) is 0 Å². The summed E-state index contributed by atoms with van der Waals surface area (Å²) in [7, 11) is 0. The molecule has 1 amide bonds. The molecule has 0 saturated heterocycles. The largest absolute Gasteiger partial charge is 0.342 e. The van der Waals surface area contributed by atoms with Crippen molar-refractivity contribution < 1.29 is 4.79 Å². The van der Waals surface area contributed by atoms with Gasteiger partial charge >= 0.3 is 0 Å². The van der Waals surface area contributed by atoms with Crippen LogP contribution in [0.5, 0.6) is 0 Å². The van der Waals surface area contributed by atoms with E-state index >= 15 is 0 Å². The molecule has 0 aliphatic carbocycles. The Labute approximate surface area is 152 Å². The number of amides is 1. The van der Waals surface area contributed by atoms with Crippen LogP contribution in [-0.4, -0.2) is 30.6 Å². The van der Waals surface area contributed by atoms with Crippen LogP contribution in [0.2, 0.25) is 0 Å². The number of carbonyl (C=O) groups is 1. The summed E-state index contributed by atoms with van der Waals surface area (Å²) >= 11 is 0. The third-order valence-electron chi connectivity index (χ3n) is 4.17. The maximum Gasteiger partial charge on any atom is 0.255 e. The fourth-order valence-corrected chi connectivity index (χ4v) is 2.82. The van der Waals surface area contributed by atoms with Crippen molar-refractivity contribution in [3.63, 3.8) is 0 Å². The Morgan fingerprint density at radius 2 is 1.96 bits per heavy atom. The molecule has 3 aromatic rings. The lowest BCUT2D eigenvalue weighted by molar-refractivity contribution is 0.0932. The number of hydrogen-bond acceptors (Lipinski definition) is 5. The van der Waals surface area contributed by atoms with Crippen LogP contribution in [0.15, 0.2) is 42.9 Å². The van der Waals surface area contributed by atoms with Gasteiger partial charge in [-0.05, 0) is 20.3 Å². The molecule has 0 bridgehead atoms. The van der Waals surface area contributed by atoms with Crippen molar-refractivity contribution in [2.24, 2.45) is 0 Å². The Balaban J connectivity index is 1.93. The Hall–Kier alpha value is -3.09. The highest BCUT2D eigenvalue weighted by atomic mass is 16.1. The van der Waals surface area contributed by atoms with Gasteiger partial charge in [-0.1, -0.05) is 37.3 Å². The number of nitrogens with zero attached hydrogens (tertiary/aromatic N) is 5. The zero-order valence-corrected chi connectivity index (χ0v) is 15.2. The molecule has 7 nitrogen and oxygen atoms in total. The molecule has 7 heteroatoms. The van der Waals surface area contributed by atoms with Gasteiger partial charge in [0.2, 0.25) is 0 Å². The molecule has 0 spiro atoms. The number of aromatic nitrogens is 5. The number of hydrogen-bond donors (Lipinski definition) is 1. The standard InChI is InChI=1S/C19H22N6O/c1-4-16(18-21-12-22-25(18)5-2)24-19(26)15-11-20-13(3)23-17(15)14-9-7-6-8-10-14/h6-12,16H,4-5H2,1-3H3,(H,24,26)/t16-/m1/s1. The molecule has 0 fully saturated rings. The second-order valence-corrected chi connectivity index (χ2v) is 5.91. The minimum Gasteiger partial charge on any atom is -0.342 e. The van der Waals surface area contributed by atoms with Crippen molar-refractivity contribution >= 4 is 5.91 Å². The Bertz CT molecular complexity index is 890. The summed E-state index contributed by atoms with van der Waals surface area (Å²) in [5.74, 6) is 1.15. The minimum atomic E-state index is -0.227. The van der Waals surface area contributed by atoms with Crippen LogP contribution in [0, 0.1) is 6.92 Å². The molecule has 1 N–H and O–H groups in total. The Morgan fingerprint density at radius 3 is 2.65 bits per heavy atom. The Kier molecular flexibility index (Phi) is 5.36. The van der Waals surface area contributed by atoms with Gasteiger partial charge in [-0.3, -0.25) is 4.79 Å². The van der Waals surface area contributed by atoms with Gasteiger partial charge in [0.05, 0.1) is 17.3 Å². The summed E-state index contributed by atoms with van der Waals surface area (Å²) in [5.41, 5.74) is 1.96.